The second-order valence-corrected chi connectivity index (χ2v) is 3.87. The number of likely N-dealkylation sites (N-methyl/N-ethyl adjacent to an activating group) is 1. The molecule has 0 fully saturated rings. The summed E-state index contributed by atoms with van der Waals surface area (Å²) in [4.78, 5) is 14.2. The van der Waals surface area contributed by atoms with Crippen LogP contribution in [-0.2, 0) is 6.42 Å². The summed E-state index contributed by atoms with van der Waals surface area (Å²) in [5, 5.41) is 8.78. The number of nitrogens with zero attached hydrogens (tertiary/aromatic N) is 5. The van der Waals surface area contributed by atoms with Gasteiger partial charge in [-0.1, -0.05) is 6.07 Å². The molecule has 0 atom stereocenters. The molecule has 2 rings (SSSR count). The van der Waals surface area contributed by atoms with E-state index in [0.717, 1.165) is 24.5 Å². The Hall–Kier alpha value is -2.48. The second kappa shape index (κ2) is 5.73. The molecule has 0 aliphatic carbocycles. The Morgan fingerprint density at radius 1 is 1.28 bits per heavy atom. The first-order valence-electron chi connectivity index (χ1n) is 5.63. The molecule has 0 aliphatic rings. The van der Waals surface area contributed by atoms with E-state index in [2.05, 4.69) is 15.0 Å². The Labute approximate surface area is 106 Å². The first-order chi connectivity index (χ1) is 8.79. The quantitative estimate of drug-likeness (QED) is 0.807. The van der Waals surface area contributed by atoms with E-state index in [1.807, 2.05) is 36.2 Å². The van der Waals surface area contributed by atoms with Crippen molar-refractivity contribution in [1.29, 1.82) is 5.26 Å². The molecule has 0 saturated heterocycles. The van der Waals surface area contributed by atoms with Crippen molar-refractivity contribution >= 4 is 5.82 Å². The molecule has 2 heterocycles. The van der Waals surface area contributed by atoms with Gasteiger partial charge in [0, 0.05) is 38.0 Å². The number of nitriles is 1. The molecule has 0 radical (unpaired) electrons. The third-order valence-electron chi connectivity index (χ3n) is 2.59. The van der Waals surface area contributed by atoms with Gasteiger partial charge in [0.15, 0.2) is 0 Å². The Bertz CT molecular complexity index is 547. The number of hydrogen-bond donors (Lipinski definition) is 0. The summed E-state index contributed by atoms with van der Waals surface area (Å²) < 4.78 is 0. The molecule has 2 aromatic heterocycles. The van der Waals surface area contributed by atoms with Crippen LogP contribution in [0.5, 0.6) is 0 Å². The van der Waals surface area contributed by atoms with E-state index in [4.69, 9.17) is 5.26 Å². The number of aromatic nitrogens is 3. The van der Waals surface area contributed by atoms with Crippen LogP contribution in [0.1, 0.15) is 11.4 Å². The summed E-state index contributed by atoms with van der Waals surface area (Å²) in [6.07, 6.45) is 4.03. The van der Waals surface area contributed by atoms with Gasteiger partial charge in [0.05, 0.1) is 0 Å². The predicted molar refractivity (Wildman–Crippen MR) is 68.0 cm³/mol. The maximum absolute atomic E-state index is 8.78. The minimum atomic E-state index is 0.379. The van der Waals surface area contributed by atoms with Gasteiger partial charge in [-0.15, -0.1) is 0 Å². The first-order valence-corrected chi connectivity index (χ1v) is 5.63. The Kier molecular flexibility index (Phi) is 3.82. The van der Waals surface area contributed by atoms with Crippen LogP contribution in [-0.4, -0.2) is 28.5 Å². The Morgan fingerprint density at radius 2 is 2.17 bits per heavy atom. The number of rotatable bonds is 4. The largest absolute Gasteiger partial charge is 0.359 e. The molecule has 0 aromatic carbocycles. The molecule has 0 bridgehead atoms. The zero-order valence-electron chi connectivity index (χ0n) is 10.1. The number of hydrogen-bond acceptors (Lipinski definition) is 5. The van der Waals surface area contributed by atoms with E-state index >= 15 is 0 Å². The molecule has 0 aliphatic heterocycles. The molecule has 0 amide bonds. The summed E-state index contributed by atoms with van der Waals surface area (Å²) in [5.74, 6) is 0.748. The van der Waals surface area contributed by atoms with Crippen LogP contribution in [0.3, 0.4) is 0 Å². The van der Waals surface area contributed by atoms with E-state index in [0.29, 0.717) is 5.69 Å². The molecule has 5 nitrogen and oxygen atoms in total. The first kappa shape index (κ1) is 12.0. The Balaban J connectivity index is 1.99. The monoisotopic (exact) mass is 239 g/mol. The van der Waals surface area contributed by atoms with E-state index in [9.17, 15) is 0 Å². The van der Waals surface area contributed by atoms with Crippen LogP contribution in [0.15, 0.2) is 36.8 Å². The fourth-order valence-corrected chi connectivity index (χ4v) is 1.56. The maximum Gasteiger partial charge on any atom is 0.145 e. The highest BCUT2D eigenvalue weighted by molar-refractivity contribution is 5.41. The average molecular weight is 239 g/mol. The van der Waals surface area contributed by atoms with Gasteiger partial charge in [-0.25, -0.2) is 9.97 Å². The van der Waals surface area contributed by atoms with Gasteiger partial charge in [0.25, 0.3) is 0 Å². The van der Waals surface area contributed by atoms with Crippen molar-refractivity contribution < 1.29 is 0 Å². The van der Waals surface area contributed by atoms with Crippen LogP contribution in [0.2, 0.25) is 0 Å². The highest BCUT2D eigenvalue weighted by atomic mass is 15.2. The molecule has 0 saturated carbocycles. The SMILES string of the molecule is CN(CCc1ccccn1)c1cc(C#N)ncn1. The van der Waals surface area contributed by atoms with E-state index in [1.165, 1.54) is 6.33 Å². The third-order valence-corrected chi connectivity index (χ3v) is 2.59. The lowest BCUT2D eigenvalue weighted by Gasteiger charge is -2.17. The molecule has 90 valence electrons. The van der Waals surface area contributed by atoms with Crippen LogP contribution in [0, 0.1) is 11.3 Å². The van der Waals surface area contributed by atoms with Crippen molar-refractivity contribution in [1.82, 2.24) is 15.0 Å². The van der Waals surface area contributed by atoms with Crippen molar-refractivity contribution in [2.45, 2.75) is 6.42 Å². The van der Waals surface area contributed by atoms with E-state index < -0.39 is 0 Å². The topological polar surface area (TPSA) is 65.7 Å². The predicted octanol–water partition coefficient (Wildman–Crippen LogP) is 1.42. The molecule has 2 aromatic rings. The maximum atomic E-state index is 8.78. The minimum Gasteiger partial charge on any atom is -0.359 e. The molecule has 0 unspecified atom stereocenters. The van der Waals surface area contributed by atoms with Gasteiger partial charge >= 0.3 is 0 Å². The number of pyridine rings is 1. The summed E-state index contributed by atoms with van der Waals surface area (Å²) in [6.45, 7) is 0.791. The third kappa shape index (κ3) is 3.01. The van der Waals surface area contributed by atoms with Crippen LogP contribution < -0.4 is 4.90 Å². The molecular formula is C13H13N5. The molecule has 18 heavy (non-hydrogen) atoms. The number of anilines is 1. The Morgan fingerprint density at radius 3 is 2.89 bits per heavy atom. The fourth-order valence-electron chi connectivity index (χ4n) is 1.56. The van der Waals surface area contributed by atoms with Crippen molar-refractivity contribution in [3.05, 3.63) is 48.2 Å². The molecule has 0 N–H and O–H groups in total. The zero-order valence-corrected chi connectivity index (χ0v) is 10.1. The minimum absolute atomic E-state index is 0.379. The lowest BCUT2D eigenvalue weighted by atomic mass is 10.2. The summed E-state index contributed by atoms with van der Waals surface area (Å²) in [6, 6.07) is 9.55. The molecule has 5 heteroatoms. The van der Waals surface area contributed by atoms with Gasteiger partial charge in [-0.2, -0.15) is 5.26 Å². The van der Waals surface area contributed by atoms with Gasteiger partial charge in [-0.3, -0.25) is 4.98 Å². The van der Waals surface area contributed by atoms with Gasteiger partial charge < -0.3 is 4.90 Å². The normalized spacial score (nSPS) is 9.78. The van der Waals surface area contributed by atoms with Gasteiger partial charge in [-0.05, 0) is 12.1 Å². The fraction of sp³-hybridized carbons (Fsp3) is 0.231. The smallest absolute Gasteiger partial charge is 0.145 e. The highest BCUT2D eigenvalue weighted by Crippen LogP contribution is 2.09. The van der Waals surface area contributed by atoms with E-state index in [-0.39, 0.29) is 0 Å². The standard InChI is InChI=1S/C13H13N5/c1-18(7-5-11-4-2-3-6-15-11)13-8-12(9-14)16-10-17-13/h2-4,6,8,10H,5,7H2,1H3. The highest BCUT2D eigenvalue weighted by Gasteiger charge is 2.04. The zero-order chi connectivity index (χ0) is 12.8. The van der Waals surface area contributed by atoms with Gasteiger partial charge in [0.2, 0.25) is 0 Å². The lowest BCUT2D eigenvalue weighted by Crippen LogP contribution is -2.21. The summed E-state index contributed by atoms with van der Waals surface area (Å²) in [5.41, 5.74) is 1.42. The van der Waals surface area contributed by atoms with E-state index in [1.54, 1.807) is 12.3 Å². The average Bonchev–Trinajstić information content (AvgIpc) is 2.46. The van der Waals surface area contributed by atoms with Crippen molar-refractivity contribution in [2.24, 2.45) is 0 Å². The van der Waals surface area contributed by atoms with Crippen LogP contribution >= 0.6 is 0 Å². The van der Waals surface area contributed by atoms with Crippen molar-refractivity contribution in [3.63, 3.8) is 0 Å². The molecule has 0 spiro atoms. The van der Waals surface area contributed by atoms with Gasteiger partial charge in [0.1, 0.15) is 23.9 Å². The van der Waals surface area contributed by atoms with Crippen molar-refractivity contribution in [3.8, 4) is 6.07 Å². The summed E-state index contributed by atoms with van der Waals surface area (Å²) in [7, 11) is 1.94. The van der Waals surface area contributed by atoms with Crippen LogP contribution in [0.25, 0.3) is 0 Å². The van der Waals surface area contributed by atoms with Crippen LogP contribution in [0.4, 0.5) is 5.82 Å². The lowest BCUT2D eigenvalue weighted by molar-refractivity contribution is 0.835. The second-order valence-electron chi connectivity index (χ2n) is 3.87. The van der Waals surface area contributed by atoms with Crippen molar-refractivity contribution in [2.75, 3.05) is 18.5 Å². The summed E-state index contributed by atoms with van der Waals surface area (Å²) >= 11 is 0. The molecular weight excluding hydrogens is 226 g/mol.